The van der Waals surface area contributed by atoms with Gasteiger partial charge >= 0.3 is 0 Å². The maximum absolute atomic E-state index is 15.3. The Hall–Kier alpha value is -3.53. The predicted octanol–water partition coefficient (Wildman–Crippen LogP) is 3.28. The third kappa shape index (κ3) is 3.80. The molecule has 1 aliphatic carbocycles. The quantitative estimate of drug-likeness (QED) is 0.557. The molecule has 0 radical (unpaired) electrons. The molecular weight excluding hydrogens is 463 g/mol. The Morgan fingerprint density at radius 3 is 2.67 bits per heavy atom. The molecule has 7 rings (SSSR count). The number of ether oxygens (including phenoxy) is 2. The first-order chi connectivity index (χ1) is 17.6. The van der Waals surface area contributed by atoms with Crippen molar-refractivity contribution in [2.75, 3.05) is 18.1 Å². The normalized spacial score (nSPS) is 26.6. The number of halogens is 1. The zero-order valence-electron chi connectivity index (χ0n) is 19.7. The monoisotopic (exact) mass is 490 g/mol. The highest BCUT2D eigenvalue weighted by molar-refractivity contribution is 5.73. The third-order valence-electron chi connectivity index (χ3n) is 7.64. The number of phenolic OH excluding ortho intramolecular Hbond substituents is 1. The molecule has 2 N–H and O–H groups in total. The van der Waals surface area contributed by atoms with Crippen molar-refractivity contribution >= 4 is 5.82 Å². The third-order valence-corrected chi connectivity index (χ3v) is 7.64. The fourth-order valence-corrected chi connectivity index (χ4v) is 5.73. The molecule has 4 atom stereocenters. The number of aromatic nitrogens is 4. The molecule has 2 bridgehead atoms. The number of piperidine rings is 1. The SMILES string of the molecule is Oc1cc(-c2cnc3c(c2)OCCO3)ccc1-c1ncc(N(C2CC2)[C@H]2C[C@@H]3CC[C@H](N3)[C@H]2F)nn1. The van der Waals surface area contributed by atoms with Gasteiger partial charge in [-0.1, -0.05) is 6.07 Å². The van der Waals surface area contributed by atoms with Crippen LogP contribution in [-0.2, 0) is 0 Å². The topological polar surface area (TPSA) is 106 Å². The van der Waals surface area contributed by atoms with Crippen molar-refractivity contribution in [1.82, 2.24) is 25.5 Å². The van der Waals surface area contributed by atoms with Gasteiger partial charge in [-0.05, 0) is 55.9 Å². The molecule has 2 aromatic heterocycles. The number of hydrogen-bond acceptors (Lipinski definition) is 9. The van der Waals surface area contributed by atoms with E-state index in [4.69, 9.17) is 9.47 Å². The molecule has 1 saturated carbocycles. The molecule has 0 spiro atoms. The highest BCUT2D eigenvalue weighted by Crippen LogP contribution is 2.40. The maximum atomic E-state index is 15.3. The number of alkyl halides is 1. The smallest absolute Gasteiger partial charge is 0.257 e. The lowest BCUT2D eigenvalue weighted by Crippen LogP contribution is -2.57. The molecule has 3 fully saturated rings. The summed E-state index contributed by atoms with van der Waals surface area (Å²) in [6, 6.07) is 7.51. The molecule has 4 aliphatic rings. The van der Waals surface area contributed by atoms with E-state index >= 15 is 4.39 Å². The number of hydrogen-bond donors (Lipinski definition) is 2. The van der Waals surface area contributed by atoms with E-state index in [0.717, 1.165) is 43.2 Å². The minimum Gasteiger partial charge on any atom is -0.507 e. The van der Waals surface area contributed by atoms with Crippen molar-refractivity contribution < 1.29 is 19.0 Å². The number of nitrogens with one attached hydrogen (secondary N) is 1. The van der Waals surface area contributed by atoms with E-state index in [2.05, 4.69) is 30.4 Å². The number of benzene rings is 1. The largest absolute Gasteiger partial charge is 0.507 e. The number of pyridine rings is 1. The van der Waals surface area contributed by atoms with E-state index in [0.29, 0.717) is 54.1 Å². The van der Waals surface area contributed by atoms with Crippen LogP contribution < -0.4 is 19.7 Å². The van der Waals surface area contributed by atoms with Crippen LogP contribution in [0.2, 0.25) is 0 Å². The lowest BCUT2D eigenvalue weighted by molar-refractivity contribution is 0.164. The highest BCUT2D eigenvalue weighted by Gasteiger charge is 2.48. The van der Waals surface area contributed by atoms with Gasteiger partial charge in [-0.25, -0.2) is 14.4 Å². The van der Waals surface area contributed by atoms with Crippen LogP contribution in [0.15, 0.2) is 36.7 Å². The summed E-state index contributed by atoms with van der Waals surface area (Å²) in [5, 5.41) is 22.9. The summed E-state index contributed by atoms with van der Waals surface area (Å²) in [5.74, 6) is 2.02. The second-order valence-corrected chi connectivity index (χ2v) is 10.0. The summed E-state index contributed by atoms with van der Waals surface area (Å²) in [5.41, 5.74) is 2.05. The minimum atomic E-state index is -0.933. The lowest BCUT2D eigenvalue weighted by Gasteiger charge is -2.40. The lowest BCUT2D eigenvalue weighted by atomic mass is 9.96. The van der Waals surface area contributed by atoms with E-state index in [1.54, 1.807) is 24.5 Å². The van der Waals surface area contributed by atoms with Crippen LogP contribution in [0.3, 0.4) is 0 Å². The van der Waals surface area contributed by atoms with E-state index in [1.165, 1.54) is 0 Å². The fraction of sp³-hybridized carbons (Fsp3) is 0.462. The Kier molecular flexibility index (Phi) is 5.16. The Bertz CT molecular complexity index is 1290. The van der Waals surface area contributed by atoms with E-state index in [1.807, 2.05) is 12.1 Å². The van der Waals surface area contributed by atoms with Crippen molar-refractivity contribution in [3.63, 3.8) is 0 Å². The molecule has 36 heavy (non-hydrogen) atoms. The van der Waals surface area contributed by atoms with Crippen LogP contribution in [0.1, 0.15) is 32.1 Å². The van der Waals surface area contributed by atoms with Gasteiger partial charge in [0.2, 0.25) is 0 Å². The first kappa shape index (κ1) is 21.7. The minimum absolute atomic E-state index is 0.0368. The van der Waals surface area contributed by atoms with Gasteiger partial charge in [0.15, 0.2) is 17.4 Å². The maximum Gasteiger partial charge on any atom is 0.257 e. The fourth-order valence-electron chi connectivity index (χ4n) is 5.73. The zero-order chi connectivity index (χ0) is 24.2. The predicted molar refractivity (Wildman–Crippen MR) is 130 cm³/mol. The van der Waals surface area contributed by atoms with Gasteiger partial charge in [-0.3, -0.25) is 0 Å². The number of phenols is 1. The second-order valence-electron chi connectivity index (χ2n) is 10.0. The van der Waals surface area contributed by atoms with Crippen molar-refractivity contribution in [3.05, 3.63) is 36.7 Å². The summed E-state index contributed by atoms with van der Waals surface area (Å²) in [4.78, 5) is 10.9. The van der Waals surface area contributed by atoms with Gasteiger partial charge in [0.1, 0.15) is 25.1 Å². The van der Waals surface area contributed by atoms with E-state index in [9.17, 15) is 5.11 Å². The van der Waals surface area contributed by atoms with E-state index in [-0.39, 0.29) is 17.8 Å². The molecule has 3 aromatic rings. The summed E-state index contributed by atoms with van der Waals surface area (Å²) in [7, 11) is 0. The summed E-state index contributed by atoms with van der Waals surface area (Å²) in [6.45, 7) is 0.957. The summed E-state index contributed by atoms with van der Waals surface area (Å²) in [6.07, 6.45) is 7.18. The van der Waals surface area contributed by atoms with Crippen LogP contribution >= 0.6 is 0 Å². The summed E-state index contributed by atoms with van der Waals surface area (Å²) >= 11 is 0. The molecule has 2 saturated heterocycles. The van der Waals surface area contributed by atoms with Gasteiger partial charge in [0.25, 0.3) is 5.88 Å². The van der Waals surface area contributed by atoms with E-state index < -0.39 is 6.17 Å². The Balaban J connectivity index is 1.14. The number of fused-ring (bicyclic) bond motifs is 3. The molecule has 0 unspecified atom stereocenters. The number of rotatable bonds is 5. The van der Waals surface area contributed by atoms with Crippen LogP contribution in [0, 0.1) is 0 Å². The molecule has 0 amide bonds. The van der Waals surface area contributed by atoms with Gasteiger partial charge < -0.3 is 24.8 Å². The van der Waals surface area contributed by atoms with Crippen LogP contribution in [0.4, 0.5) is 10.2 Å². The van der Waals surface area contributed by atoms with Crippen molar-refractivity contribution in [2.45, 2.75) is 62.4 Å². The average Bonchev–Trinajstić information content (AvgIpc) is 3.66. The summed E-state index contributed by atoms with van der Waals surface area (Å²) < 4.78 is 26.4. The van der Waals surface area contributed by atoms with Crippen molar-refractivity contribution in [3.8, 4) is 39.9 Å². The Morgan fingerprint density at radius 1 is 0.972 bits per heavy atom. The standard InChI is InChI=1S/C26H27FN6O3/c27-24-19-6-2-16(30-19)11-20(24)33(17-3-4-17)23-13-28-25(32-31-23)18-5-1-14(9-21(18)34)15-10-22-26(29-12-15)36-8-7-35-22/h1,5,9-10,12-13,16-17,19-20,24,30,34H,2-4,6-8,11H2/t16-,19-,20-,24+/m0/s1. The second kappa shape index (κ2) is 8.55. The Morgan fingerprint density at radius 2 is 1.86 bits per heavy atom. The molecule has 9 nitrogen and oxygen atoms in total. The van der Waals surface area contributed by atoms with Gasteiger partial charge in [0, 0.05) is 29.9 Å². The molecule has 186 valence electrons. The molecule has 3 aliphatic heterocycles. The van der Waals surface area contributed by atoms with Crippen molar-refractivity contribution in [2.24, 2.45) is 0 Å². The van der Waals surface area contributed by atoms with Gasteiger partial charge in [-0.15, -0.1) is 10.2 Å². The van der Waals surface area contributed by atoms with Crippen LogP contribution in [0.5, 0.6) is 17.4 Å². The first-order valence-corrected chi connectivity index (χ1v) is 12.6. The van der Waals surface area contributed by atoms with Gasteiger partial charge in [0.05, 0.1) is 17.8 Å². The zero-order valence-corrected chi connectivity index (χ0v) is 19.7. The molecule has 5 heterocycles. The number of aromatic hydroxyl groups is 1. The number of anilines is 1. The van der Waals surface area contributed by atoms with Crippen LogP contribution in [0.25, 0.3) is 22.5 Å². The molecule has 1 aromatic carbocycles. The Labute approximate surface area is 207 Å². The number of nitrogens with zero attached hydrogens (tertiary/aromatic N) is 5. The molecule has 10 heteroatoms. The highest BCUT2D eigenvalue weighted by atomic mass is 19.1. The van der Waals surface area contributed by atoms with Crippen molar-refractivity contribution in [1.29, 1.82) is 0 Å². The molecular formula is C26H27FN6O3. The van der Waals surface area contributed by atoms with Gasteiger partial charge in [-0.2, -0.15) is 0 Å². The van der Waals surface area contributed by atoms with Crippen LogP contribution in [-0.4, -0.2) is 68.8 Å². The average molecular weight is 491 g/mol. The first-order valence-electron chi connectivity index (χ1n) is 12.6.